The molecule has 1 unspecified atom stereocenters. The molecule has 0 aliphatic heterocycles. The molecule has 0 aliphatic rings. The van der Waals surface area contributed by atoms with E-state index in [0.717, 1.165) is 21.4 Å². The van der Waals surface area contributed by atoms with Gasteiger partial charge in [0, 0.05) is 10.0 Å². The monoisotopic (exact) mass is 266 g/mol. The predicted octanol–water partition coefficient (Wildman–Crippen LogP) is 3.43. The van der Waals surface area contributed by atoms with Gasteiger partial charge in [-0.3, -0.25) is 0 Å². The molecule has 0 saturated heterocycles. The van der Waals surface area contributed by atoms with E-state index in [1.807, 2.05) is 37.3 Å². The summed E-state index contributed by atoms with van der Waals surface area (Å²) in [6, 6.07) is 9.43. The number of aryl methyl sites for hydroxylation is 1. The zero-order valence-electron chi connectivity index (χ0n) is 8.27. The van der Waals surface area contributed by atoms with Crippen LogP contribution in [0, 0.1) is 6.92 Å². The van der Waals surface area contributed by atoms with Crippen LogP contribution in [0.5, 0.6) is 0 Å². The Hall–Kier alpha value is -1.06. The van der Waals surface area contributed by atoms with Gasteiger partial charge in [0.05, 0.1) is 6.26 Å². The van der Waals surface area contributed by atoms with Gasteiger partial charge in [0.2, 0.25) is 0 Å². The van der Waals surface area contributed by atoms with Crippen molar-refractivity contribution in [1.82, 2.24) is 0 Å². The summed E-state index contributed by atoms with van der Waals surface area (Å²) in [6.45, 7) is 1.86. The number of furan rings is 1. The molecular weight excluding hydrogens is 256 g/mol. The lowest BCUT2D eigenvalue weighted by Crippen LogP contribution is -1.97. The summed E-state index contributed by atoms with van der Waals surface area (Å²) in [7, 11) is 0. The second kappa shape index (κ2) is 4.21. The molecule has 2 nitrogen and oxygen atoms in total. The molecule has 1 atom stereocenters. The predicted molar refractivity (Wildman–Crippen MR) is 61.6 cm³/mol. The zero-order valence-corrected chi connectivity index (χ0v) is 9.86. The van der Waals surface area contributed by atoms with E-state index in [2.05, 4.69) is 15.9 Å². The first kappa shape index (κ1) is 10.5. The summed E-state index contributed by atoms with van der Waals surface area (Å²) in [4.78, 5) is 0. The van der Waals surface area contributed by atoms with Crippen LogP contribution in [-0.2, 0) is 0 Å². The fourth-order valence-electron chi connectivity index (χ4n) is 1.44. The minimum atomic E-state index is -0.615. The van der Waals surface area contributed by atoms with E-state index in [-0.39, 0.29) is 0 Å². The highest BCUT2D eigenvalue weighted by molar-refractivity contribution is 9.10. The smallest absolute Gasteiger partial charge is 0.107 e. The van der Waals surface area contributed by atoms with Crippen molar-refractivity contribution in [2.45, 2.75) is 13.0 Å². The molecule has 0 spiro atoms. The van der Waals surface area contributed by atoms with Crippen LogP contribution in [0.3, 0.4) is 0 Å². The first-order valence-corrected chi connectivity index (χ1v) is 5.44. The highest BCUT2D eigenvalue weighted by Crippen LogP contribution is 2.24. The van der Waals surface area contributed by atoms with Crippen molar-refractivity contribution >= 4 is 15.9 Å². The van der Waals surface area contributed by atoms with E-state index in [9.17, 15) is 5.11 Å². The maximum atomic E-state index is 10.0. The van der Waals surface area contributed by atoms with E-state index >= 15 is 0 Å². The van der Waals surface area contributed by atoms with Crippen LogP contribution in [0.1, 0.15) is 23.0 Å². The Balaban J connectivity index is 2.28. The van der Waals surface area contributed by atoms with Crippen molar-refractivity contribution in [3.63, 3.8) is 0 Å². The lowest BCUT2D eigenvalue weighted by Gasteiger charge is -2.08. The van der Waals surface area contributed by atoms with E-state index in [4.69, 9.17) is 4.42 Å². The van der Waals surface area contributed by atoms with Gasteiger partial charge in [-0.05, 0) is 30.7 Å². The van der Waals surface area contributed by atoms with Crippen LogP contribution in [0.25, 0.3) is 0 Å². The van der Waals surface area contributed by atoms with Gasteiger partial charge in [-0.1, -0.05) is 28.1 Å². The van der Waals surface area contributed by atoms with E-state index in [1.54, 1.807) is 6.26 Å². The average molecular weight is 267 g/mol. The minimum absolute atomic E-state index is 0.615. The van der Waals surface area contributed by atoms with Crippen LogP contribution in [0.2, 0.25) is 0 Å². The molecule has 3 heteroatoms. The van der Waals surface area contributed by atoms with E-state index in [1.165, 1.54) is 0 Å². The second-order valence-corrected chi connectivity index (χ2v) is 4.36. The van der Waals surface area contributed by atoms with Crippen molar-refractivity contribution < 1.29 is 9.52 Å². The topological polar surface area (TPSA) is 33.4 Å². The molecule has 0 fully saturated rings. The molecule has 0 amide bonds. The van der Waals surface area contributed by atoms with Crippen LogP contribution >= 0.6 is 15.9 Å². The molecule has 1 N–H and O–H groups in total. The van der Waals surface area contributed by atoms with Crippen molar-refractivity contribution in [3.05, 3.63) is 58.0 Å². The Bertz CT molecular complexity index is 445. The Kier molecular flexibility index (Phi) is 2.93. The molecule has 1 aromatic heterocycles. The molecule has 78 valence electrons. The average Bonchev–Trinajstić information content (AvgIpc) is 2.65. The maximum absolute atomic E-state index is 10.0. The first-order chi connectivity index (χ1) is 7.16. The molecule has 15 heavy (non-hydrogen) atoms. The third-order valence-electron chi connectivity index (χ3n) is 2.25. The van der Waals surface area contributed by atoms with Crippen LogP contribution < -0.4 is 0 Å². The molecule has 1 heterocycles. The number of hydrogen-bond donors (Lipinski definition) is 1. The van der Waals surface area contributed by atoms with Gasteiger partial charge in [-0.15, -0.1) is 0 Å². The van der Waals surface area contributed by atoms with Gasteiger partial charge in [-0.2, -0.15) is 0 Å². The Morgan fingerprint density at radius 1 is 1.20 bits per heavy atom. The third-order valence-corrected chi connectivity index (χ3v) is 2.78. The van der Waals surface area contributed by atoms with Crippen molar-refractivity contribution in [2.24, 2.45) is 0 Å². The second-order valence-electron chi connectivity index (χ2n) is 3.44. The number of aliphatic hydroxyl groups is 1. The molecule has 2 aromatic rings. The summed E-state index contributed by atoms with van der Waals surface area (Å²) < 4.78 is 6.16. The number of benzene rings is 1. The van der Waals surface area contributed by atoms with Gasteiger partial charge in [0.25, 0.3) is 0 Å². The fraction of sp³-hybridized carbons (Fsp3) is 0.167. The zero-order chi connectivity index (χ0) is 10.8. The van der Waals surface area contributed by atoms with E-state index in [0.29, 0.717) is 0 Å². The maximum Gasteiger partial charge on any atom is 0.107 e. The van der Waals surface area contributed by atoms with Gasteiger partial charge in [-0.25, -0.2) is 0 Å². The Labute approximate surface area is 96.7 Å². The Morgan fingerprint density at radius 2 is 1.87 bits per heavy atom. The normalized spacial score (nSPS) is 12.7. The molecule has 2 rings (SSSR count). The molecule has 0 bridgehead atoms. The number of halogens is 1. The SMILES string of the molecule is Cc1cc(C(O)c2ccc(Br)cc2)co1. The first-order valence-electron chi connectivity index (χ1n) is 4.65. The molecule has 1 aromatic carbocycles. The van der Waals surface area contributed by atoms with Crippen molar-refractivity contribution in [3.8, 4) is 0 Å². The minimum Gasteiger partial charge on any atom is -0.469 e. The Morgan fingerprint density at radius 3 is 2.40 bits per heavy atom. The molecular formula is C12H11BrO2. The highest BCUT2D eigenvalue weighted by atomic mass is 79.9. The van der Waals surface area contributed by atoms with Crippen molar-refractivity contribution in [2.75, 3.05) is 0 Å². The summed E-state index contributed by atoms with van der Waals surface area (Å²) in [6.07, 6.45) is 0.970. The van der Waals surface area contributed by atoms with Gasteiger partial charge in [0.1, 0.15) is 11.9 Å². The van der Waals surface area contributed by atoms with Gasteiger partial charge in [0.15, 0.2) is 0 Å². The van der Waals surface area contributed by atoms with Crippen LogP contribution in [0.4, 0.5) is 0 Å². The largest absolute Gasteiger partial charge is 0.469 e. The quantitative estimate of drug-likeness (QED) is 0.904. The number of hydrogen-bond acceptors (Lipinski definition) is 2. The lowest BCUT2D eigenvalue weighted by molar-refractivity contribution is 0.219. The highest BCUT2D eigenvalue weighted by Gasteiger charge is 2.12. The summed E-state index contributed by atoms with van der Waals surface area (Å²) in [5.74, 6) is 0.807. The lowest BCUT2D eigenvalue weighted by atomic mass is 10.0. The summed E-state index contributed by atoms with van der Waals surface area (Å²) >= 11 is 3.35. The summed E-state index contributed by atoms with van der Waals surface area (Å²) in [5, 5.41) is 10.0. The van der Waals surface area contributed by atoms with E-state index < -0.39 is 6.10 Å². The van der Waals surface area contributed by atoms with Gasteiger partial charge >= 0.3 is 0 Å². The summed E-state index contributed by atoms with van der Waals surface area (Å²) in [5.41, 5.74) is 1.65. The van der Waals surface area contributed by atoms with Crippen LogP contribution in [-0.4, -0.2) is 5.11 Å². The van der Waals surface area contributed by atoms with Gasteiger partial charge < -0.3 is 9.52 Å². The van der Waals surface area contributed by atoms with Crippen LogP contribution in [0.15, 0.2) is 45.5 Å². The third kappa shape index (κ3) is 2.30. The molecule has 0 aliphatic carbocycles. The molecule has 0 radical (unpaired) electrons. The number of aliphatic hydroxyl groups excluding tert-OH is 1. The standard InChI is InChI=1S/C12H11BrO2/c1-8-6-10(7-15-8)12(14)9-2-4-11(13)5-3-9/h2-7,12,14H,1H3. The van der Waals surface area contributed by atoms with Crippen molar-refractivity contribution in [1.29, 1.82) is 0 Å². The number of rotatable bonds is 2. The molecule has 0 saturated carbocycles. The fourth-order valence-corrected chi connectivity index (χ4v) is 1.71.